The fourth-order valence-electron chi connectivity index (χ4n) is 3.46. The first kappa shape index (κ1) is 12.1. The molecule has 0 bridgehead atoms. The Bertz CT molecular complexity index is 399. The Morgan fingerprint density at radius 1 is 1.33 bits per heavy atom. The third-order valence-electron chi connectivity index (χ3n) is 4.47. The molecule has 1 saturated carbocycles. The van der Waals surface area contributed by atoms with Gasteiger partial charge in [0.1, 0.15) is 0 Å². The van der Waals surface area contributed by atoms with Crippen LogP contribution in [0.3, 0.4) is 0 Å². The normalized spacial score (nSPS) is 26.8. The molecule has 3 rings (SSSR count). The van der Waals surface area contributed by atoms with Crippen molar-refractivity contribution in [1.82, 2.24) is 15.5 Å². The van der Waals surface area contributed by atoms with E-state index in [-0.39, 0.29) is 0 Å². The maximum absolute atomic E-state index is 5.50. The van der Waals surface area contributed by atoms with Crippen LogP contribution in [0, 0.1) is 12.3 Å². The number of aromatic nitrogens is 2. The molecule has 1 unspecified atom stereocenters. The second-order valence-electron chi connectivity index (χ2n) is 5.53. The summed E-state index contributed by atoms with van der Waals surface area (Å²) in [6.45, 7) is 4.37. The summed E-state index contributed by atoms with van der Waals surface area (Å²) in [7, 11) is 0. The fourth-order valence-corrected chi connectivity index (χ4v) is 3.46. The Morgan fingerprint density at radius 2 is 2.17 bits per heavy atom. The highest BCUT2D eigenvalue weighted by molar-refractivity contribution is 4.98. The Kier molecular flexibility index (Phi) is 3.35. The predicted molar refractivity (Wildman–Crippen MR) is 66.0 cm³/mol. The molecule has 2 aliphatic rings. The fraction of sp³-hybridized carbons (Fsp3) is 0.846. The zero-order chi connectivity index (χ0) is 12.4. The first-order valence-electron chi connectivity index (χ1n) is 6.89. The lowest BCUT2D eigenvalue weighted by atomic mass is 9.75. The van der Waals surface area contributed by atoms with Gasteiger partial charge in [-0.25, -0.2) is 0 Å². The molecule has 1 saturated heterocycles. The number of aryl methyl sites for hydroxylation is 1. The number of rotatable bonds is 3. The molecule has 0 amide bonds. The third kappa shape index (κ3) is 2.29. The largest absolute Gasteiger partial charge is 0.381 e. The van der Waals surface area contributed by atoms with Crippen molar-refractivity contribution in [2.75, 3.05) is 13.2 Å². The molecule has 18 heavy (non-hydrogen) atoms. The number of nitrogens with zero attached hydrogens (tertiary/aromatic N) is 2. The molecular weight excluding hydrogens is 230 g/mol. The van der Waals surface area contributed by atoms with Crippen LogP contribution < -0.4 is 5.32 Å². The Balaban J connectivity index is 1.61. The molecule has 1 aliphatic heterocycles. The van der Waals surface area contributed by atoms with Gasteiger partial charge in [-0.2, -0.15) is 4.98 Å². The van der Waals surface area contributed by atoms with Crippen LogP contribution in [0.15, 0.2) is 4.52 Å². The summed E-state index contributed by atoms with van der Waals surface area (Å²) in [5.41, 5.74) is 0.455. The standard InChI is InChI=1S/C13H21N3O2/c1-10-15-12(16-18-10)9-14-11-3-2-4-13(11)5-7-17-8-6-13/h11,14H,2-9H2,1H3. The monoisotopic (exact) mass is 251 g/mol. The average Bonchev–Trinajstić information content (AvgIpc) is 2.95. The van der Waals surface area contributed by atoms with Gasteiger partial charge in [0.25, 0.3) is 0 Å². The van der Waals surface area contributed by atoms with Crippen LogP contribution in [0.1, 0.15) is 43.8 Å². The minimum atomic E-state index is 0.455. The lowest BCUT2D eigenvalue weighted by molar-refractivity contribution is 0.00402. The zero-order valence-electron chi connectivity index (χ0n) is 10.9. The van der Waals surface area contributed by atoms with Crippen molar-refractivity contribution < 1.29 is 9.26 Å². The maximum atomic E-state index is 5.50. The van der Waals surface area contributed by atoms with Crippen molar-refractivity contribution >= 4 is 0 Å². The van der Waals surface area contributed by atoms with Crippen LogP contribution >= 0.6 is 0 Å². The van der Waals surface area contributed by atoms with Gasteiger partial charge in [0.15, 0.2) is 5.82 Å². The van der Waals surface area contributed by atoms with Crippen LogP contribution in [0.2, 0.25) is 0 Å². The maximum Gasteiger partial charge on any atom is 0.223 e. The van der Waals surface area contributed by atoms with Gasteiger partial charge in [0.2, 0.25) is 5.89 Å². The Hall–Kier alpha value is -0.940. The lowest BCUT2D eigenvalue weighted by Gasteiger charge is -2.39. The molecule has 5 nitrogen and oxygen atoms in total. The van der Waals surface area contributed by atoms with E-state index in [1.54, 1.807) is 0 Å². The number of hydrogen-bond acceptors (Lipinski definition) is 5. The quantitative estimate of drug-likeness (QED) is 0.888. The predicted octanol–water partition coefficient (Wildman–Crippen LogP) is 1.82. The van der Waals surface area contributed by atoms with Crippen molar-refractivity contribution in [3.63, 3.8) is 0 Å². The number of ether oxygens (including phenoxy) is 1. The van der Waals surface area contributed by atoms with E-state index in [0.29, 0.717) is 23.9 Å². The molecule has 1 atom stereocenters. The van der Waals surface area contributed by atoms with Gasteiger partial charge in [-0.15, -0.1) is 0 Å². The number of nitrogens with one attached hydrogen (secondary N) is 1. The van der Waals surface area contributed by atoms with Crippen LogP contribution in [0.25, 0.3) is 0 Å². The number of hydrogen-bond donors (Lipinski definition) is 1. The third-order valence-corrected chi connectivity index (χ3v) is 4.47. The van der Waals surface area contributed by atoms with E-state index in [1.165, 1.54) is 32.1 Å². The first-order chi connectivity index (χ1) is 8.78. The van der Waals surface area contributed by atoms with Crippen molar-refractivity contribution in [1.29, 1.82) is 0 Å². The Morgan fingerprint density at radius 3 is 2.89 bits per heavy atom. The van der Waals surface area contributed by atoms with Crippen LogP contribution in [0.4, 0.5) is 0 Å². The summed E-state index contributed by atoms with van der Waals surface area (Å²) in [6.07, 6.45) is 6.30. The minimum Gasteiger partial charge on any atom is -0.381 e. The molecule has 0 aromatic carbocycles. The highest BCUT2D eigenvalue weighted by Crippen LogP contribution is 2.45. The van der Waals surface area contributed by atoms with Gasteiger partial charge in [0, 0.05) is 26.2 Å². The molecule has 1 spiro atoms. The summed E-state index contributed by atoms with van der Waals surface area (Å²) in [5, 5.41) is 7.57. The molecule has 100 valence electrons. The van der Waals surface area contributed by atoms with Crippen LogP contribution in [-0.2, 0) is 11.3 Å². The van der Waals surface area contributed by atoms with E-state index in [4.69, 9.17) is 9.26 Å². The van der Waals surface area contributed by atoms with E-state index in [9.17, 15) is 0 Å². The van der Waals surface area contributed by atoms with Crippen molar-refractivity contribution in [3.8, 4) is 0 Å². The van der Waals surface area contributed by atoms with Gasteiger partial charge in [0.05, 0.1) is 6.54 Å². The Labute approximate surface area is 107 Å². The second kappa shape index (κ2) is 4.97. The summed E-state index contributed by atoms with van der Waals surface area (Å²) < 4.78 is 10.5. The summed E-state index contributed by atoms with van der Waals surface area (Å²) in [4.78, 5) is 4.24. The summed E-state index contributed by atoms with van der Waals surface area (Å²) in [6, 6.07) is 0.584. The highest BCUT2D eigenvalue weighted by Gasteiger charge is 2.43. The van der Waals surface area contributed by atoms with Gasteiger partial charge in [-0.05, 0) is 31.1 Å². The molecular formula is C13H21N3O2. The molecule has 1 aliphatic carbocycles. The van der Waals surface area contributed by atoms with Crippen molar-refractivity contribution in [2.24, 2.45) is 5.41 Å². The molecule has 5 heteroatoms. The summed E-state index contributed by atoms with van der Waals surface area (Å²) in [5.74, 6) is 1.40. The summed E-state index contributed by atoms with van der Waals surface area (Å²) >= 11 is 0. The van der Waals surface area contributed by atoms with E-state index >= 15 is 0 Å². The minimum absolute atomic E-state index is 0.455. The molecule has 2 heterocycles. The van der Waals surface area contributed by atoms with E-state index in [0.717, 1.165) is 19.0 Å². The first-order valence-corrected chi connectivity index (χ1v) is 6.89. The highest BCUT2D eigenvalue weighted by atomic mass is 16.5. The van der Waals surface area contributed by atoms with Crippen molar-refractivity contribution in [2.45, 2.75) is 51.6 Å². The van der Waals surface area contributed by atoms with Crippen LogP contribution in [-0.4, -0.2) is 29.4 Å². The second-order valence-corrected chi connectivity index (χ2v) is 5.53. The average molecular weight is 251 g/mol. The van der Waals surface area contributed by atoms with E-state index < -0.39 is 0 Å². The zero-order valence-corrected chi connectivity index (χ0v) is 10.9. The van der Waals surface area contributed by atoms with Crippen LogP contribution in [0.5, 0.6) is 0 Å². The van der Waals surface area contributed by atoms with E-state index in [1.807, 2.05) is 6.92 Å². The topological polar surface area (TPSA) is 60.2 Å². The van der Waals surface area contributed by atoms with Crippen molar-refractivity contribution in [3.05, 3.63) is 11.7 Å². The lowest BCUT2D eigenvalue weighted by Crippen LogP contribution is -2.44. The molecule has 0 radical (unpaired) electrons. The van der Waals surface area contributed by atoms with Gasteiger partial charge in [-0.3, -0.25) is 0 Å². The molecule has 1 N–H and O–H groups in total. The van der Waals surface area contributed by atoms with E-state index in [2.05, 4.69) is 15.5 Å². The molecule has 1 aromatic heterocycles. The SMILES string of the molecule is Cc1nc(CNC2CCCC23CCOCC3)no1. The van der Waals surface area contributed by atoms with Gasteiger partial charge in [-0.1, -0.05) is 11.6 Å². The molecule has 2 fully saturated rings. The van der Waals surface area contributed by atoms with Gasteiger partial charge < -0.3 is 14.6 Å². The molecule has 1 aromatic rings. The smallest absolute Gasteiger partial charge is 0.223 e. The van der Waals surface area contributed by atoms with Gasteiger partial charge >= 0.3 is 0 Å².